The van der Waals surface area contributed by atoms with Gasteiger partial charge in [-0.1, -0.05) is 12.1 Å². The molecule has 0 unspecified atom stereocenters. The summed E-state index contributed by atoms with van der Waals surface area (Å²) in [6, 6.07) is 7.77. The fourth-order valence-corrected chi connectivity index (χ4v) is 4.03. The number of carbonyl (C=O) groups excluding carboxylic acids is 1. The zero-order chi connectivity index (χ0) is 14.2. The number of benzene rings is 1. The summed E-state index contributed by atoms with van der Waals surface area (Å²) in [5.74, 6) is -0.0439. The van der Waals surface area contributed by atoms with E-state index in [-0.39, 0.29) is 5.91 Å². The molecule has 4 nitrogen and oxygen atoms in total. The summed E-state index contributed by atoms with van der Waals surface area (Å²) in [6.45, 7) is 0. The number of amides is 1. The van der Waals surface area contributed by atoms with Crippen molar-refractivity contribution in [3.05, 3.63) is 52.0 Å². The Bertz CT molecular complexity index is 818. The number of fused-ring (bicyclic) bond motifs is 2. The molecule has 0 aliphatic heterocycles. The fraction of sp³-hybridized carbons (Fsp3) is 0.250. The van der Waals surface area contributed by atoms with E-state index in [9.17, 15) is 4.79 Å². The summed E-state index contributed by atoms with van der Waals surface area (Å²) in [7, 11) is 0. The van der Waals surface area contributed by atoms with Crippen LogP contribution in [0, 0.1) is 0 Å². The molecule has 1 N–H and O–H groups in total. The van der Waals surface area contributed by atoms with Crippen molar-refractivity contribution < 1.29 is 4.79 Å². The molecule has 1 amide bonds. The van der Waals surface area contributed by atoms with Crippen LogP contribution in [0.2, 0.25) is 0 Å². The van der Waals surface area contributed by atoms with Gasteiger partial charge in [0.15, 0.2) is 0 Å². The summed E-state index contributed by atoms with van der Waals surface area (Å²) in [5.41, 5.74) is 6.80. The minimum Gasteiger partial charge on any atom is -0.267 e. The summed E-state index contributed by atoms with van der Waals surface area (Å²) in [6.07, 6.45) is 6.20. The van der Waals surface area contributed by atoms with Crippen LogP contribution in [0.4, 0.5) is 0 Å². The molecule has 0 fully saturated rings. The van der Waals surface area contributed by atoms with E-state index in [1.807, 2.05) is 29.6 Å². The van der Waals surface area contributed by atoms with Crippen LogP contribution in [0.3, 0.4) is 0 Å². The molecule has 2 aromatic heterocycles. The second-order valence-electron chi connectivity index (χ2n) is 5.30. The van der Waals surface area contributed by atoms with Gasteiger partial charge in [-0.15, -0.1) is 11.3 Å². The first-order chi connectivity index (χ1) is 10.3. The number of rotatable bonds is 2. The first kappa shape index (κ1) is 12.6. The van der Waals surface area contributed by atoms with Crippen molar-refractivity contribution >= 4 is 28.3 Å². The van der Waals surface area contributed by atoms with Gasteiger partial charge in [0, 0.05) is 10.3 Å². The van der Waals surface area contributed by atoms with Crippen molar-refractivity contribution in [2.45, 2.75) is 25.7 Å². The Morgan fingerprint density at radius 1 is 1.24 bits per heavy atom. The number of aromatic nitrogens is 2. The lowest BCUT2D eigenvalue weighted by atomic mass is 9.96. The van der Waals surface area contributed by atoms with E-state index in [4.69, 9.17) is 0 Å². The van der Waals surface area contributed by atoms with Gasteiger partial charge in [0.2, 0.25) is 0 Å². The minimum absolute atomic E-state index is 0.0439. The van der Waals surface area contributed by atoms with E-state index in [1.165, 1.54) is 23.3 Å². The Kier molecular flexibility index (Phi) is 3.00. The van der Waals surface area contributed by atoms with Crippen molar-refractivity contribution in [2.75, 3.05) is 5.43 Å². The highest BCUT2D eigenvalue weighted by molar-refractivity contribution is 7.10. The first-order valence-corrected chi connectivity index (χ1v) is 8.03. The highest BCUT2D eigenvalue weighted by Crippen LogP contribution is 2.30. The quantitative estimate of drug-likeness (QED) is 0.788. The normalized spacial score (nSPS) is 14.1. The highest BCUT2D eigenvalue weighted by Gasteiger charge is 2.20. The van der Waals surface area contributed by atoms with Gasteiger partial charge in [-0.25, -0.2) is 9.66 Å². The molecule has 0 saturated heterocycles. The molecule has 2 heterocycles. The Morgan fingerprint density at radius 3 is 3.05 bits per heavy atom. The zero-order valence-electron chi connectivity index (χ0n) is 11.5. The molecule has 0 spiro atoms. The molecule has 0 saturated carbocycles. The van der Waals surface area contributed by atoms with Crippen LogP contribution in [-0.2, 0) is 12.8 Å². The van der Waals surface area contributed by atoms with Gasteiger partial charge >= 0.3 is 0 Å². The number of hydrogen-bond donors (Lipinski definition) is 1. The number of nitrogens with one attached hydrogen (secondary N) is 1. The molecule has 1 aliphatic rings. The van der Waals surface area contributed by atoms with Crippen LogP contribution in [0.5, 0.6) is 0 Å². The zero-order valence-corrected chi connectivity index (χ0v) is 12.3. The molecule has 1 aliphatic carbocycles. The predicted molar refractivity (Wildman–Crippen MR) is 84.4 cm³/mol. The Hall–Kier alpha value is -2.14. The van der Waals surface area contributed by atoms with Gasteiger partial charge in [-0.3, -0.25) is 10.2 Å². The maximum atomic E-state index is 12.5. The van der Waals surface area contributed by atoms with Crippen LogP contribution in [0.25, 0.3) is 11.0 Å². The van der Waals surface area contributed by atoms with Crippen LogP contribution in [-0.4, -0.2) is 15.6 Å². The second-order valence-corrected chi connectivity index (χ2v) is 6.27. The maximum Gasteiger partial charge on any atom is 0.271 e. The largest absolute Gasteiger partial charge is 0.271 e. The molecule has 21 heavy (non-hydrogen) atoms. The standard InChI is InChI=1S/C16H15N3OS/c20-16(12-9-21-15-8-4-1-5-11(12)15)18-19-10-17-13-6-2-3-7-14(13)19/h2-3,6-7,9-10H,1,4-5,8H2,(H,18,20). The van der Waals surface area contributed by atoms with Gasteiger partial charge in [0.25, 0.3) is 5.91 Å². The van der Waals surface area contributed by atoms with Crippen LogP contribution in [0.15, 0.2) is 36.0 Å². The summed E-state index contributed by atoms with van der Waals surface area (Å²) in [5, 5.41) is 1.99. The average Bonchev–Trinajstić information content (AvgIpc) is 3.12. The number of imidazole rings is 1. The molecule has 0 radical (unpaired) electrons. The van der Waals surface area contributed by atoms with Crippen molar-refractivity contribution in [3.63, 3.8) is 0 Å². The molecule has 106 valence electrons. The number of carbonyl (C=O) groups is 1. The monoisotopic (exact) mass is 297 g/mol. The van der Waals surface area contributed by atoms with Crippen LogP contribution in [0.1, 0.15) is 33.6 Å². The molecule has 1 aromatic carbocycles. The van der Waals surface area contributed by atoms with Gasteiger partial charge in [0.05, 0.1) is 16.6 Å². The van der Waals surface area contributed by atoms with Crippen LogP contribution < -0.4 is 5.43 Å². The molecular formula is C16H15N3OS. The fourth-order valence-electron chi connectivity index (χ4n) is 2.90. The van der Waals surface area contributed by atoms with Crippen molar-refractivity contribution in [1.82, 2.24) is 9.66 Å². The Labute approximate surface area is 126 Å². The highest BCUT2D eigenvalue weighted by atomic mass is 32.1. The van der Waals surface area contributed by atoms with Crippen molar-refractivity contribution in [2.24, 2.45) is 0 Å². The lowest BCUT2D eigenvalue weighted by molar-refractivity contribution is 0.101. The number of para-hydroxylation sites is 2. The molecule has 3 aromatic rings. The van der Waals surface area contributed by atoms with E-state index in [0.29, 0.717) is 0 Å². The smallest absolute Gasteiger partial charge is 0.267 e. The summed E-state index contributed by atoms with van der Waals surface area (Å²) >= 11 is 1.71. The Morgan fingerprint density at radius 2 is 2.10 bits per heavy atom. The average molecular weight is 297 g/mol. The van der Waals surface area contributed by atoms with Crippen LogP contribution >= 0.6 is 11.3 Å². The Balaban J connectivity index is 1.65. The van der Waals surface area contributed by atoms with Crippen molar-refractivity contribution in [3.8, 4) is 0 Å². The number of thiophene rings is 1. The number of aryl methyl sites for hydroxylation is 1. The molecule has 5 heteroatoms. The molecular weight excluding hydrogens is 282 g/mol. The van der Waals surface area contributed by atoms with Gasteiger partial charge in [0.1, 0.15) is 6.33 Å². The van der Waals surface area contributed by atoms with Gasteiger partial charge < -0.3 is 0 Å². The molecule has 4 rings (SSSR count). The summed E-state index contributed by atoms with van der Waals surface area (Å²) in [4.78, 5) is 18.2. The topological polar surface area (TPSA) is 46.9 Å². The number of hydrogen-bond acceptors (Lipinski definition) is 3. The second kappa shape index (κ2) is 5.00. The number of nitrogens with zero attached hydrogens (tertiary/aromatic N) is 2. The van der Waals surface area contributed by atoms with Gasteiger partial charge in [-0.05, 0) is 43.4 Å². The van der Waals surface area contributed by atoms with Crippen molar-refractivity contribution in [1.29, 1.82) is 0 Å². The lowest BCUT2D eigenvalue weighted by Gasteiger charge is -2.13. The lowest BCUT2D eigenvalue weighted by Crippen LogP contribution is -2.23. The minimum atomic E-state index is -0.0439. The summed E-state index contributed by atoms with van der Waals surface area (Å²) < 4.78 is 1.70. The third-order valence-electron chi connectivity index (χ3n) is 3.98. The molecule has 0 bridgehead atoms. The third-order valence-corrected chi connectivity index (χ3v) is 5.07. The predicted octanol–water partition coefficient (Wildman–Crippen LogP) is 3.36. The van der Waals surface area contributed by atoms with E-state index in [0.717, 1.165) is 29.4 Å². The molecule has 0 atom stereocenters. The SMILES string of the molecule is O=C(Nn1cnc2ccccc21)c1csc2c1CCCC2. The maximum absolute atomic E-state index is 12.5. The van der Waals surface area contributed by atoms with E-state index in [1.54, 1.807) is 22.3 Å². The van der Waals surface area contributed by atoms with E-state index >= 15 is 0 Å². The van der Waals surface area contributed by atoms with Gasteiger partial charge in [-0.2, -0.15) is 0 Å². The third kappa shape index (κ3) is 2.14. The first-order valence-electron chi connectivity index (χ1n) is 7.15. The van der Waals surface area contributed by atoms with E-state index < -0.39 is 0 Å². The van der Waals surface area contributed by atoms with E-state index in [2.05, 4.69) is 10.4 Å².